The first-order chi connectivity index (χ1) is 53.9. The minimum Gasteiger partial charge on any atom is -0.462 e. The molecule has 111 heavy (non-hydrogen) atoms. The maximum atomic E-state index is 13.2. The molecule has 0 aromatic rings. The fourth-order valence-electron chi connectivity index (χ4n) is 14.4. The first-order valence-corrected chi connectivity index (χ1v) is 50.5. The molecule has 0 heterocycles. The van der Waals surface area contributed by atoms with E-state index in [9.17, 15) is 43.2 Å². The summed E-state index contributed by atoms with van der Waals surface area (Å²) in [6.45, 7) is 9.69. The summed E-state index contributed by atoms with van der Waals surface area (Å²) in [5.41, 5.74) is 0. The molecule has 19 heteroatoms. The Bertz CT molecular complexity index is 2120. The van der Waals surface area contributed by atoms with Gasteiger partial charge in [-0.25, -0.2) is 9.13 Å². The van der Waals surface area contributed by atoms with Crippen LogP contribution in [0.3, 0.4) is 0 Å². The second-order valence-electron chi connectivity index (χ2n) is 33.8. The van der Waals surface area contributed by atoms with E-state index in [4.69, 9.17) is 37.0 Å². The molecule has 0 spiro atoms. The third kappa shape index (κ3) is 84.3. The van der Waals surface area contributed by atoms with E-state index in [1.54, 1.807) is 0 Å². The highest BCUT2D eigenvalue weighted by Gasteiger charge is 2.31. The van der Waals surface area contributed by atoms with Gasteiger partial charge in [0.15, 0.2) is 12.2 Å². The summed E-state index contributed by atoms with van der Waals surface area (Å²) < 4.78 is 69.0. The van der Waals surface area contributed by atoms with Gasteiger partial charge >= 0.3 is 39.5 Å². The van der Waals surface area contributed by atoms with Crippen molar-refractivity contribution < 1.29 is 80.2 Å². The van der Waals surface area contributed by atoms with Crippen LogP contribution in [0.15, 0.2) is 0 Å². The Morgan fingerprint density at radius 3 is 0.685 bits per heavy atom. The molecule has 3 N–H and O–H groups in total. The fraction of sp³-hybridized carbons (Fsp3) is 0.957. The highest BCUT2D eigenvalue weighted by atomic mass is 31.2. The molecule has 0 aromatic heterocycles. The molecule has 3 unspecified atom stereocenters. The van der Waals surface area contributed by atoms with Crippen LogP contribution in [0.5, 0.6) is 0 Å². The SMILES string of the molecule is CCCCCCCCCCCCCCCCCCCCCCCCC(=O)OC[C@H](COP(=O)(O)OC[C@@H](O)COP(=O)(O)OC[C@@H](COC(=O)CCCCCCCCC(C)C)OC(=O)CCCCCCCCCCCCCCCCCCCC)OC(=O)CCCCCCCCCCCCCCCCCCCCC(C)CC. The van der Waals surface area contributed by atoms with E-state index >= 15 is 0 Å². The predicted molar refractivity (Wildman–Crippen MR) is 460 cm³/mol. The van der Waals surface area contributed by atoms with Crippen LogP contribution in [0, 0.1) is 11.8 Å². The van der Waals surface area contributed by atoms with E-state index < -0.39 is 97.5 Å². The van der Waals surface area contributed by atoms with Crippen molar-refractivity contribution in [2.45, 2.75) is 516 Å². The molecule has 0 aliphatic heterocycles. The summed E-state index contributed by atoms with van der Waals surface area (Å²) in [6.07, 6.45) is 78.2. The largest absolute Gasteiger partial charge is 0.472 e. The van der Waals surface area contributed by atoms with Crippen molar-refractivity contribution in [2.75, 3.05) is 39.6 Å². The van der Waals surface area contributed by atoms with Crippen LogP contribution in [0.25, 0.3) is 0 Å². The lowest BCUT2D eigenvalue weighted by Crippen LogP contribution is -2.30. The smallest absolute Gasteiger partial charge is 0.462 e. The van der Waals surface area contributed by atoms with Gasteiger partial charge in [-0.15, -0.1) is 0 Å². The molecular weight excluding hydrogens is 1440 g/mol. The van der Waals surface area contributed by atoms with E-state index in [2.05, 4.69) is 41.5 Å². The molecule has 0 saturated heterocycles. The van der Waals surface area contributed by atoms with Gasteiger partial charge in [-0.1, -0.05) is 446 Å². The first kappa shape index (κ1) is 109. The van der Waals surface area contributed by atoms with Gasteiger partial charge in [-0.2, -0.15) is 0 Å². The fourth-order valence-corrected chi connectivity index (χ4v) is 16.0. The number of aliphatic hydroxyl groups excluding tert-OH is 1. The third-order valence-corrected chi connectivity index (χ3v) is 24.0. The monoisotopic (exact) mass is 1620 g/mol. The van der Waals surface area contributed by atoms with Crippen LogP contribution in [0.2, 0.25) is 0 Å². The summed E-state index contributed by atoms with van der Waals surface area (Å²) in [4.78, 5) is 73.4. The number of rotatable bonds is 91. The summed E-state index contributed by atoms with van der Waals surface area (Å²) in [7, 11) is -9.93. The summed E-state index contributed by atoms with van der Waals surface area (Å²) in [6, 6.07) is 0. The van der Waals surface area contributed by atoms with Crippen LogP contribution in [-0.4, -0.2) is 96.7 Å². The van der Waals surface area contributed by atoms with Gasteiger partial charge in [-0.05, 0) is 37.5 Å². The Morgan fingerprint density at radius 2 is 0.459 bits per heavy atom. The number of phosphoric ester groups is 2. The number of ether oxygens (including phenoxy) is 4. The van der Waals surface area contributed by atoms with Crippen LogP contribution in [0.1, 0.15) is 497 Å². The van der Waals surface area contributed by atoms with Gasteiger partial charge in [0.2, 0.25) is 0 Å². The number of aliphatic hydroxyl groups is 1. The zero-order valence-corrected chi connectivity index (χ0v) is 75.1. The molecular formula is C92H180O17P2. The highest BCUT2D eigenvalue weighted by molar-refractivity contribution is 7.47. The van der Waals surface area contributed by atoms with Gasteiger partial charge in [0.25, 0.3) is 0 Å². The number of hydrogen-bond donors (Lipinski definition) is 3. The van der Waals surface area contributed by atoms with Crippen LogP contribution < -0.4 is 0 Å². The lowest BCUT2D eigenvalue weighted by molar-refractivity contribution is -0.161. The first-order valence-electron chi connectivity index (χ1n) is 47.5. The molecule has 660 valence electrons. The molecule has 0 saturated carbocycles. The topological polar surface area (TPSA) is 237 Å². The molecule has 0 radical (unpaired) electrons. The predicted octanol–water partition coefficient (Wildman–Crippen LogP) is 28.6. The Hall–Kier alpha value is -1.94. The summed E-state index contributed by atoms with van der Waals surface area (Å²) in [5, 5.41) is 10.7. The van der Waals surface area contributed by atoms with Crippen molar-refractivity contribution in [3.63, 3.8) is 0 Å². The Kier molecular flexibility index (Phi) is 81.7. The quantitative estimate of drug-likeness (QED) is 0.0222. The van der Waals surface area contributed by atoms with Gasteiger partial charge in [-0.3, -0.25) is 37.3 Å². The number of carbonyl (C=O) groups is 4. The number of carbonyl (C=O) groups excluding carboxylic acids is 4. The molecule has 0 bridgehead atoms. The van der Waals surface area contributed by atoms with E-state index in [-0.39, 0.29) is 25.7 Å². The van der Waals surface area contributed by atoms with Crippen LogP contribution in [-0.2, 0) is 65.4 Å². The minimum atomic E-state index is -4.97. The van der Waals surface area contributed by atoms with Crippen molar-refractivity contribution in [1.82, 2.24) is 0 Å². The average molecular weight is 1620 g/mol. The zero-order valence-electron chi connectivity index (χ0n) is 73.3. The van der Waals surface area contributed by atoms with Gasteiger partial charge in [0.05, 0.1) is 26.4 Å². The van der Waals surface area contributed by atoms with Gasteiger partial charge in [0, 0.05) is 25.7 Å². The standard InChI is InChI=1S/C92H180O17P2/c1-7-10-12-14-16-18-20-22-24-26-28-29-30-31-36-39-43-47-51-55-62-68-74-89(94)102-80-87(108-91(96)76-70-65-57-53-49-45-41-37-33-32-34-38-42-46-50-54-61-67-73-85(6)9-3)82-106-110(98,99)104-78-86(93)79-105-111(100,101)107-83-88(81-103-90(95)75-69-63-59-58-60-66-72-84(4)5)109-92(97)77-71-64-56-52-48-44-40-35-27-25-23-21-19-17-15-13-11-8-2/h84-88,93H,7-83H2,1-6H3,(H,98,99)(H,100,101)/t85?,86-,87-,88-/m1/s1. The van der Waals surface area contributed by atoms with Crippen molar-refractivity contribution in [2.24, 2.45) is 11.8 Å². The van der Waals surface area contributed by atoms with Gasteiger partial charge < -0.3 is 33.8 Å². The summed E-state index contributed by atoms with van der Waals surface area (Å²) in [5.74, 6) is -0.549. The second kappa shape index (κ2) is 83.1. The lowest BCUT2D eigenvalue weighted by Gasteiger charge is -2.21. The average Bonchev–Trinajstić information content (AvgIpc) is 0.898. The number of unbranched alkanes of at least 4 members (excludes halogenated alkanes) is 60. The van der Waals surface area contributed by atoms with Crippen LogP contribution in [0.4, 0.5) is 0 Å². The minimum absolute atomic E-state index is 0.108. The van der Waals surface area contributed by atoms with E-state index in [1.807, 2.05) is 0 Å². The van der Waals surface area contributed by atoms with Gasteiger partial charge in [0.1, 0.15) is 19.3 Å². The molecule has 0 aliphatic carbocycles. The highest BCUT2D eigenvalue weighted by Crippen LogP contribution is 2.45. The molecule has 0 rings (SSSR count). The van der Waals surface area contributed by atoms with E-state index in [0.717, 1.165) is 102 Å². The second-order valence-corrected chi connectivity index (χ2v) is 36.7. The Labute approximate surface area is 683 Å². The number of phosphoric acid groups is 2. The maximum Gasteiger partial charge on any atom is 0.472 e. The summed E-state index contributed by atoms with van der Waals surface area (Å²) >= 11 is 0. The van der Waals surface area contributed by atoms with Crippen molar-refractivity contribution in [3.05, 3.63) is 0 Å². The Morgan fingerprint density at radius 1 is 0.261 bits per heavy atom. The van der Waals surface area contributed by atoms with Crippen molar-refractivity contribution in [3.8, 4) is 0 Å². The van der Waals surface area contributed by atoms with E-state index in [1.165, 1.54) is 308 Å². The number of hydrogen-bond acceptors (Lipinski definition) is 15. The molecule has 0 amide bonds. The molecule has 0 aromatic carbocycles. The van der Waals surface area contributed by atoms with E-state index in [0.29, 0.717) is 31.6 Å². The van der Waals surface area contributed by atoms with Crippen molar-refractivity contribution >= 4 is 39.5 Å². The lowest BCUT2D eigenvalue weighted by atomic mass is 9.99. The zero-order chi connectivity index (χ0) is 81.3. The maximum absolute atomic E-state index is 13.2. The third-order valence-electron chi connectivity index (χ3n) is 22.1. The molecule has 17 nitrogen and oxygen atoms in total. The molecule has 0 fully saturated rings. The molecule has 6 atom stereocenters. The van der Waals surface area contributed by atoms with Crippen molar-refractivity contribution in [1.29, 1.82) is 0 Å². The molecule has 0 aliphatic rings. The Balaban J connectivity index is 5.19. The number of esters is 4. The van der Waals surface area contributed by atoms with Crippen LogP contribution >= 0.6 is 15.6 Å². The normalized spacial score (nSPS) is 14.0.